The van der Waals surface area contributed by atoms with Gasteiger partial charge in [0.2, 0.25) is 11.7 Å². The molecule has 0 saturated heterocycles. The van der Waals surface area contributed by atoms with Gasteiger partial charge in [-0.2, -0.15) is 4.98 Å². The summed E-state index contributed by atoms with van der Waals surface area (Å²) in [5.74, 6) is 0.691. The molecule has 3 nitrogen and oxygen atoms in total. The van der Waals surface area contributed by atoms with Crippen LogP contribution in [0.3, 0.4) is 0 Å². The summed E-state index contributed by atoms with van der Waals surface area (Å²) >= 11 is 0. The van der Waals surface area contributed by atoms with Gasteiger partial charge in [0, 0.05) is 12.0 Å². The number of benzene rings is 1. The molecule has 0 radical (unpaired) electrons. The molecule has 0 bridgehead atoms. The van der Waals surface area contributed by atoms with Crippen LogP contribution in [0.1, 0.15) is 12.8 Å². The summed E-state index contributed by atoms with van der Waals surface area (Å²) in [4.78, 5) is 4.10. The van der Waals surface area contributed by atoms with Crippen LogP contribution in [0.15, 0.2) is 28.8 Å². The number of aromatic nitrogens is 2. The first-order valence-electron chi connectivity index (χ1n) is 4.38. The van der Waals surface area contributed by atoms with Crippen molar-refractivity contribution < 1.29 is 8.91 Å². The van der Waals surface area contributed by atoms with Gasteiger partial charge in [-0.3, -0.25) is 0 Å². The number of hydrogen-bond donors (Lipinski definition) is 0. The maximum atomic E-state index is 12.9. The van der Waals surface area contributed by atoms with E-state index < -0.39 is 0 Å². The lowest BCUT2D eigenvalue weighted by molar-refractivity contribution is 0.383. The standard InChI is InChI=1S/C10H9FN2O/c1-2-9-12-10(13-14-9)7-4-3-5-8(11)6-7/h3-6H,2H2,1H3. The van der Waals surface area contributed by atoms with E-state index in [-0.39, 0.29) is 5.82 Å². The van der Waals surface area contributed by atoms with E-state index in [0.717, 1.165) is 0 Å². The van der Waals surface area contributed by atoms with Gasteiger partial charge in [-0.15, -0.1) is 0 Å². The van der Waals surface area contributed by atoms with Crippen LogP contribution >= 0.6 is 0 Å². The molecule has 1 aromatic carbocycles. The summed E-state index contributed by atoms with van der Waals surface area (Å²) in [6.07, 6.45) is 0.683. The molecule has 0 atom stereocenters. The molecule has 2 aromatic rings. The lowest BCUT2D eigenvalue weighted by Crippen LogP contribution is -1.83. The van der Waals surface area contributed by atoms with Gasteiger partial charge in [0.1, 0.15) is 5.82 Å². The van der Waals surface area contributed by atoms with Crippen LogP contribution in [0, 0.1) is 5.82 Å². The molecule has 1 heterocycles. The Bertz CT molecular complexity index is 439. The maximum Gasteiger partial charge on any atom is 0.226 e. The Balaban J connectivity index is 2.39. The third-order valence-electron chi connectivity index (χ3n) is 1.85. The SMILES string of the molecule is CCc1nc(-c2cccc(F)c2)no1. The van der Waals surface area contributed by atoms with Gasteiger partial charge in [-0.05, 0) is 12.1 Å². The first-order chi connectivity index (χ1) is 6.79. The molecule has 0 N–H and O–H groups in total. The van der Waals surface area contributed by atoms with Crippen LogP contribution in [0.2, 0.25) is 0 Å². The number of hydrogen-bond acceptors (Lipinski definition) is 3. The minimum absolute atomic E-state index is 0.301. The lowest BCUT2D eigenvalue weighted by Gasteiger charge is -1.92. The van der Waals surface area contributed by atoms with Gasteiger partial charge < -0.3 is 4.52 Å². The van der Waals surface area contributed by atoms with Gasteiger partial charge in [0.15, 0.2) is 0 Å². The van der Waals surface area contributed by atoms with E-state index in [1.165, 1.54) is 12.1 Å². The van der Waals surface area contributed by atoms with Crippen molar-refractivity contribution in [2.24, 2.45) is 0 Å². The molecule has 0 aliphatic heterocycles. The van der Waals surface area contributed by atoms with Crippen LogP contribution in [-0.4, -0.2) is 10.1 Å². The molecule has 14 heavy (non-hydrogen) atoms. The minimum atomic E-state index is -0.301. The summed E-state index contributed by atoms with van der Waals surface area (Å²) in [6.45, 7) is 1.92. The molecule has 0 amide bonds. The molecule has 72 valence electrons. The molecule has 0 fully saturated rings. The summed E-state index contributed by atoms with van der Waals surface area (Å²) in [6, 6.07) is 6.12. The average molecular weight is 192 g/mol. The van der Waals surface area contributed by atoms with Gasteiger partial charge in [0.25, 0.3) is 0 Å². The van der Waals surface area contributed by atoms with Crippen molar-refractivity contribution in [3.8, 4) is 11.4 Å². The van der Waals surface area contributed by atoms with Crippen molar-refractivity contribution in [2.75, 3.05) is 0 Å². The van der Waals surface area contributed by atoms with Gasteiger partial charge >= 0.3 is 0 Å². The highest BCUT2D eigenvalue weighted by Crippen LogP contribution is 2.16. The second-order valence-corrected chi connectivity index (χ2v) is 2.88. The summed E-state index contributed by atoms with van der Waals surface area (Å²) in [5.41, 5.74) is 0.633. The fourth-order valence-electron chi connectivity index (χ4n) is 1.14. The van der Waals surface area contributed by atoms with Crippen LogP contribution < -0.4 is 0 Å². The van der Waals surface area contributed by atoms with Crippen LogP contribution in [-0.2, 0) is 6.42 Å². The zero-order chi connectivity index (χ0) is 9.97. The Kier molecular flexibility index (Phi) is 2.26. The molecule has 0 aliphatic carbocycles. The molecule has 4 heteroatoms. The number of nitrogens with zero attached hydrogens (tertiary/aromatic N) is 2. The van der Waals surface area contributed by atoms with E-state index in [0.29, 0.717) is 23.7 Å². The van der Waals surface area contributed by atoms with Crippen molar-refractivity contribution in [3.05, 3.63) is 36.0 Å². The molecular formula is C10H9FN2O. The number of aryl methyl sites for hydroxylation is 1. The fraction of sp³-hybridized carbons (Fsp3) is 0.200. The maximum absolute atomic E-state index is 12.9. The second kappa shape index (κ2) is 3.57. The smallest absolute Gasteiger partial charge is 0.226 e. The molecular weight excluding hydrogens is 183 g/mol. The first-order valence-corrected chi connectivity index (χ1v) is 4.38. The molecule has 0 saturated carbocycles. The second-order valence-electron chi connectivity index (χ2n) is 2.88. The summed E-state index contributed by atoms with van der Waals surface area (Å²) in [7, 11) is 0. The van der Waals surface area contributed by atoms with Crippen LogP contribution in [0.4, 0.5) is 4.39 Å². The van der Waals surface area contributed by atoms with Crippen molar-refractivity contribution in [1.29, 1.82) is 0 Å². The normalized spacial score (nSPS) is 10.4. The van der Waals surface area contributed by atoms with E-state index in [2.05, 4.69) is 10.1 Å². The Hall–Kier alpha value is -1.71. The first kappa shape index (κ1) is 8.87. The van der Waals surface area contributed by atoms with Crippen molar-refractivity contribution in [1.82, 2.24) is 10.1 Å². The molecule has 2 rings (SSSR count). The molecule has 1 aromatic heterocycles. The summed E-state index contributed by atoms with van der Waals surface area (Å²) < 4.78 is 17.8. The Labute approximate surface area is 80.6 Å². The highest BCUT2D eigenvalue weighted by atomic mass is 19.1. The zero-order valence-corrected chi connectivity index (χ0v) is 7.70. The number of halogens is 1. The Morgan fingerprint density at radius 2 is 2.29 bits per heavy atom. The minimum Gasteiger partial charge on any atom is -0.339 e. The van der Waals surface area contributed by atoms with Crippen LogP contribution in [0.25, 0.3) is 11.4 Å². The van der Waals surface area contributed by atoms with E-state index in [9.17, 15) is 4.39 Å². The predicted octanol–water partition coefficient (Wildman–Crippen LogP) is 2.44. The largest absolute Gasteiger partial charge is 0.339 e. The summed E-state index contributed by atoms with van der Waals surface area (Å²) in [5, 5.41) is 3.75. The molecule has 0 spiro atoms. The third-order valence-corrected chi connectivity index (χ3v) is 1.85. The quantitative estimate of drug-likeness (QED) is 0.733. The van der Waals surface area contributed by atoms with Crippen molar-refractivity contribution >= 4 is 0 Å². The third kappa shape index (κ3) is 1.64. The predicted molar refractivity (Wildman–Crippen MR) is 49.1 cm³/mol. The Morgan fingerprint density at radius 3 is 2.93 bits per heavy atom. The number of rotatable bonds is 2. The zero-order valence-electron chi connectivity index (χ0n) is 7.70. The lowest BCUT2D eigenvalue weighted by atomic mass is 10.2. The molecule has 0 unspecified atom stereocenters. The highest BCUT2D eigenvalue weighted by Gasteiger charge is 2.06. The van der Waals surface area contributed by atoms with E-state index in [1.54, 1.807) is 12.1 Å². The van der Waals surface area contributed by atoms with Gasteiger partial charge in [-0.1, -0.05) is 24.2 Å². The highest BCUT2D eigenvalue weighted by molar-refractivity contribution is 5.53. The van der Waals surface area contributed by atoms with Gasteiger partial charge in [-0.25, -0.2) is 4.39 Å². The monoisotopic (exact) mass is 192 g/mol. The Morgan fingerprint density at radius 1 is 1.43 bits per heavy atom. The van der Waals surface area contributed by atoms with E-state index >= 15 is 0 Å². The van der Waals surface area contributed by atoms with Crippen molar-refractivity contribution in [3.63, 3.8) is 0 Å². The van der Waals surface area contributed by atoms with Crippen LogP contribution in [0.5, 0.6) is 0 Å². The van der Waals surface area contributed by atoms with Gasteiger partial charge in [0.05, 0.1) is 0 Å². The molecule has 0 aliphatic rings. The van der Waals surface area contributed by atoms with E-state index in [4.69, 9.17) is 4.52 Å². The van der Waals surface area contributed by atoms with E-state index in [1.807, 2.05) is 6.92 Å². The average Bonchev–Trinajstić information content (AvgIpc) is 2.66. The topological polar surface area (TPSA) is 38.9 Å². The fourth-order valence-corrected chi connectivity index (χ4v) is 1.14. The van der Waals surface area contributed by atoms with Crippen molar-refractivity contribution in [2.45, 2.75) is 13.3 Å².